The quantitative estimate of drug-likeness (QED) is 0.723. The van der Waals surface area contributed by atoms with Crippen LogP contribution in [0.3, 0.4) is 0 Å². The highest BCUT2D eigenvalue weighted by Crippen LogP contribution is 2.26. The van der Waals surface area contributed by atoms with E-state index in [2.05, 4.69) is 6.07 Å². The van der Waals surface area contributed by atoms with Crippen molar-refractivity contribution in [3.05, 3.63) is 65.9 Å². The smallest absolute Gasteiger partial charge is 0.245 e. The Balaban J connectivity index is 2.14. The number of nitrogens with zero attached hydrogens (tertiary/aromatic N) is 2. The van der Waals surface area contributed by atoms with Gasteiger partial charge >= 0.3 is 0 Å². The average molecular weight is 290 g/mol. The number of nitrogens with two attached hydrogens (primary N) is 2. The molecule has 0 saturated heterocycles. The van der Waals surface area contributed by atoms with Crippen LogP contribution in [-0.2, 0) is 4.79 Å². The van der Waals surface area contributed by atoms with Gasteiger partial charge in [0.05, 0.1) is 11.6 Å². The number of nitrogen functional groups attached to an aromatic ring is 1. The molecule has 0 radical (unpaired) electrons. The standard InChI is InChI=1S/C17H14N4O/c18-10-11-1-3-12(4-2-11)16(17(20)22)21-8-7-13-9-14(19)5-6-15(13)21/h1-9,16H,19H2,(H2,20,22). The van der Waals surface area contributed by atoms with Crippen molar-refractivity contribution in [2.45, 2.75) is 6.04 Å². The predicted octanol–water partition coefficient (Wildman–Crippen LogP) is 2.17. The number of anilines is 1. The molecule has 1 atom stereocenters. The first-order chi connectivity index (χ1) is 10.6. The van der Waals surface area contributed by atoms with E-state index in [9.17, 15) is 4.79 Å². The van der Waals surface area contributed by atoms with E-state index in [4.69, 9.17) is 16.7 Å². The summed E-state index contributed by atoms with van der Waals surface area (Å²) in [6.45, 7) is 0. The fourth-order valence-corrected chi connectivity index (χ4v) is 2.61. The van der Waals surface area contributed by atoms with Crippen molar-refractivity contribution < 1.29 is 4.79 Å². The van der Waals surface area contributed by atoms with Gasteiger partial charge in [0.1, 0.15) is 6.04 Å². The SMILES string of the molecule is N#Cc1ccc(C(C(N)=O)n2ccc3cc(N)ccc32)cc1. The Hall–Kier alpha value is -3.26. The van der Waals surface area contributed by atoms with Crippen molar-refractivity contribution in [2.24, 2.45) is 5.73 Å². The third-order valence-electron chi connectivity index (χ3n) is 3.65. The summed E-state index contributed by atoms with van der Waals surface area (Å²) in [5.41, 5.74) is 14.2. The molecule has 0 aliphatic heterocycles. The topological polar surface area (TPSA) is 97.8 Å². The van der Waals surface area contributed by atoms with E-state index >= 15 is 0 Å². The molecule has 0 saturated carbocycles. The summed E-state index contributed by atoms with van der Waals surface area (Å²) in [5, 5.41) is 9.81. The number of primary amides is 1. The number of aromatic nitrogens is 1. The first kappa shape index (κ1) is 13.7. The highest BCUT2D eigenvalue weighted by Gasteiger charge is 2.21. The summed E-state index contributed by atoms with van der Waals surface area (Å²) in [6, 6.07) is 15.7. The number of amides is 1. The number of fused-ring (bicyclic) bond motifs is 1. The van der Waals surface area contributed by atoms with E-state index in [0.29, 0.717) is 11.3 Å². The monoisotopic (exact) mass is 290 g/mol. The van der Waals surface area contributed by atoms with E-state index in [0.717, 1.165) is 16.5 Å². The van der Waals surface area contributed by atoms with E-state index in [1.807, 2.05) is 29.0 Å². The molecule has 5 heteroatoms. The van der Waals surface area contributed by atoms with Gasteiger partial charge in [-0.3, -0.25) is 4.79 Å². The van der Waals surface area contributed by atoms with Crippen molar-refractivity contribution in [3.8, 4) is 6.07 Å². The molecule has 108 valence electrons. The Morgan fingerprint density at radius 2 is 1.86 bits per heavy atom. The minimum atomic E-state index is -0.631. The highest BCUT2D eigenvalue weighted by molar-refractivity contribution is 5.88. The summed E-state index contributed by atoms with van der Waals surface area (Å²) >= 11 is 0. The van der Waals surface area contributed by atoms with Gasteiger partial charge in [-0.25, -0.2) is 0 Å². The van der Waals surface area contributed by atoms with Crippen LogP contribution in [0, 0.1) is 11.3 Å². The molecular weight excluding hydrogens is 276 g/mol. The maximum Gasteiger partial charge on any atom is 0.245 e. The summed E-state index contributed by atoms with van der Waals surface area (Å²) in [5.74, 6) is -0.459. The lowest BCUT2D eigenvalue weighted by Gasteiger charge is -2.17. The van der Waals surface area contributed by atoms with Crippen LogP contribution < -0.4 is 11.5 Å². The van der Waals surface area contributed by atoms with Crippen LogP contribution in [0.25, 0.3) is 10.9 Å². The molecule has 1 aromatic heterocycles. The zero-order valence-corrected chi connectivity index (χ0v) is 11.7. The molecule has 4 N–H and O–H groups in total. The minimum Gasteiger partial charge on any atom is -0.399 e. The number of carbonyl (C=O) groups excluding carboxylic acids is 1. The van der Waals surface area contributed by atoms with Crippen LogP contribution in [0.1, 0.15) is 17.2 Å². The fourth-order valence-electron chi connectivity index (χ4n) is 2.61. The molecule has 2 aromatic carbocycles. The number of hydrogen-bond acceptors (Lipinski definition) is 3. The van der Waals surface area contributed by atoms with Gasteiger partial charge in [0, 0.05) is 22.8 Å². The fraction of sp³-hybridized carbons (Fsp3) is 0.0588. The normalized spacial score (nSPS) is 12.0. The van der Waals surface area contributed by atoms with Gasteiger partial charge in [-0.2, -0.15) is 5.26 Å². The number of rotatable bonds is 3. The second kappa shape index (κ2) is 5.26. The second-order valence-corrected chi connectivity index (χ2v) is 5.08. The molecule has 1 amide bonds. The number of benzene rings is 2. The summed E-state index contributed by atoms with van der Waals surface area (Å²) < 4.78 is 1.82. The van der Waals surface area contributed by atoms with Crippen LogP contribution in [0.2, 0.25) is 0 Å². The van der Waals surface area contributed by atoms with Crippen LogP contribution in [0.15, 0.2) is 54.7 Å². The maximum absolute atomic E-state index is 12.0. The number of carbonyl (C=O) groups is 1. The van der Waals surface area contributed by atoms with Gasteiger partial charge in [0.25, 0.3) is 0 Å². The van der Waals surface area contributed by atoms with Crippen LogP contribution in [-0.4, -0.2) is 10.5 Å². The molecule has 3 rings (SSSR count). The lowest BCUT2D eigenvalue weighted by molar-refractivity contribution is -0.120. The zero-order chi connectivity index (χ0) is 15.7. The van der Waals surface area contributed by atoms with Crippen molar-refractivity contribution >= 4 is 22.5 Å². The van der Waals surface area contributed by atoms with Gasteiger partial charge in [-0.15, -0.1) is 0 Å². The maximum atomic E-state index is 12.0. The first-order valence-corrected chi connectivity index (χ1v) is 6.75. The Kier molecular flexibility index (Phi) is 3.28. The Morgan fingerprint density at radius 1 is 1.14 bits per heavy atom. The van der Waals surface area contributed by atoms with Crippen LogP contribution in [0.5, 0.6) is 0 Å². The van der Waals surface area contributed by atoms with Gasteiger partial charge in [0.15, 0.2) is 0 Å². The summed E-state index contributed by atoms with van der Waals surface area (Å²) in [4.78, 5) is 12.0. The molecule has 0 fully saturated rings. The highest BCUT2D eigenvalue weighted by atomic mass is 16.1. The van der Waals surface area contributed by atoms with Crippen LogP contribution in [0.4, 0.5) is 5.69 Å². The molecule has 5 nitrogen and oxygen atoms in total. The largest absolute Gasteiger partial charge is 0.399 e. The van der Waals surface area contributed by atoms with Crippen molar-refractivity contribution in [1.29, 1.82) is 5.26 Å². The van der Waals surface area contributed by atoms with E-state index < -0.39 is 11.9 Å². The van der Waals surface area contributed by atoms with Crippen LogP contribution >= 0.6 is 0 Å². The number of nitriles is 1. The van der Waals surface area contributed by atoms with E-state index in [-0.39, 0.29) is 0 Å². The molecule has 1 heterocycles. The van der Waals surface area contributed by atoms with Crippen molar-refractivity contribution in [1.82, 2.24) is 4.57 Å². The lowest BCUT2D eigenvalue weighted by atomic mass is 10.0. The lowest BCUT2D eigenvalue weighted by Crippen LogP contribution is -2.27. The third-order valence-corrected chi connectivity index (χ3v) is 3.65. The first-order valence-electron chi connectivity index (χ1n) is 6.75. The minimum absolute atomic E-state index is 0.459. The van der Waals surface area contributed by atoms with Crippen molar-refractivity contribution in [3.63, 3.8) is 0 Å². The van der Waals surface area contributed by atoms with Gasteiger partial charge in [-0.1, -0.05) is 12.1 Å². The Bertz CT molecular complexity index is 887. The van der Waals surface area contributed by atoms with Gasteiger partial charge in [-0.05, 0) is 42.0 Å². The van der Waals surface area contributed by atoms with E-state index in [1.54, 1.807) is 30.3 Å². The summed E-state index contributed by atoms with van der Waals surface area (Å²) in [6.07, 6.45) is 1.82. The van der Waals surface area contributed by atoms with Crippen molar-refractivity contribution in [2.75, 3.05) is 5.73 Å². The molecule has 0 bridgehead atoms. The predicted molar refractivity (Wildman–Crippen MR) is 84.8 cm³/mol. The van der Waals surface area contributed by atoms with E-state index in [1.165, 1.54) is 0 Å². The Morgan fingerprint density at radius 3 is 2.50 bits per heavy atom. The molecule has 0 spiro atoms. The molecule has 1 unspecified atom stereocenters. The van der Waals surface area contributed by atoms with Gasteiger partial charge < -0.3 is 16.0 Å². The molecule has 0 aliphatic carbocycles. The Labute approximate surface area is 127 Å². The molecule has 0 aliphatic rings. The third kappa shape index (κ3) is 2.27. The zero-order valence-electron chi connectivity index (χ0n) is 11.7. The molecule has 22 heavy (non-hydrogen) atoms. The number of hydrogen-bond donors (Lipinski definition) is 2. The van der Waals surface area contributed by atoms with Gasteiger partial charge in [0.2, 0.25) is 5.91 Å². The average Bonchev–Trinajstić information content (AvgIpc) is 2.90. The molecule has 3 aromatic rings. The molecular formula is C17H14N4O. The summed E-state index contributed by atoms with van der Waals surface area (Å²) in [7, 11) is 0. The second-order valence-electron chi connectivity index (χ2n) is 5.08.